The minimum Gasteiger partial charge on any atom is -0.497 e. The number of nitrogens with one attached hydrogen (secondary N) is 2. The summed E-state index contributed by atoms with van der Waals surface area (Å²) in [7, 11) is 1.58. The Balaban J connectivity index is 1.60. The molecule has 2 heterocycles. The Labute approximate surface area is 172 Å². The van der Waals surface area contributed by atoms with Crippen LogP contribution in [0.1, 0.15) is 23.2 Å². The molecule has 150 valence electrons. The summed E-state index contributed by atoms with van der Waals surface area (Å²) in [4.78, 5) is 28.5. The standard InChI is InChI=1S/C21H21N3O4S/c1-27-15-7-5-14(6-8-15)22-19(25)13-4-9-17-18(11-13)23-21(29)24(20(17)26)12-16-3-2-10-28-16/h4-9,11,16H,2-3,10,12H2,1H3,(H,22,25)(H,23,29)/t16-/m0/s1. The van der Waals surface area contributed by atoms with Gasteiger partial charge in [0.2, 0.25) is 0 Å². The molecule has 0 aliphatic carbocycles. The summed E-state index contributed by atoms with van der Waals surface area (Å²) in [5, 5.41) is 3.31. The van der Waals surface area contributed by atoms with Crippen LogP contribution in [0.5, 0.6) is 5.75 Å². The lowest BCUT2D eigenvalue weighted by molar-refractivity contribution is 0.0957. The van der Waals surface area contributed by atoms with Crippen LogP contribution in [-0.2, 0) is 11.3 Å². The Bertz CT molecular complexity index is 1160. The van der Waals surface area contributed by atoms with Gasteiger partial charge in [-0.1, -0.05) is 0 Å². The molecular weight excluding hydrogens is 390 g/mol. The first kappa shape index (κ1) is 19.4. The summed E-state index contributed by atoms with van der Waals surface area (Å²) in [6.07, 6.45) is 1.93. The second kappa shape index (κ2) is 8.18. The number of aromatic nitrogens is 2. The molecule has 3 aromatic rings. The topological polar surface area (TPSA) is 85.3 Å². The fourth-order valence-corrected chi connectivity index (χ4v) is 3.70. The van der Waals surface area contributed by atoms with E-state index in [1.807, 2.05) is 0 Å². The molecular formula is C21H21N3O4S. The largest absolute Gasteiger partial charge is 0.497 e. The highest BCUT2D eigenvalue weighted by atomic mass is 32.1. The molecule has 1 saturated heterocycles. The SMILES string of the molecule is COc1ccc(NC(=O)c2ccc3c(=O)n(C[C@@H]4CCCO4)c(=S)[nH]c3c2)cc1. The Hall–Kier alpha value is -2.97. The van der Waals surface area contributed by atoms with E-state index in [2.05, 4.69) is 10.3 Å². The van der Waals surface area contributed by atoms with Crippen molar-refractivity contribution in [3.8, 4) is 5.75 Å². The minimum atomic E-state index is -0.278. The zero-order valence-corrected chi connectivity index (χ0v) is 16.8. The molecule has 0 unspecified atom stereocenters. The van der Waals surface area contributed by atoms with E-state index < -0.39 is 0 Å². The minimum absolute atomic E-state index is 0.00907. The number of carbonyl (C=O) groups is 1. The maximum atomic E-state index is 12.9. The van der Waals surface area contributed by atoms with Crippen LogP contribution in [0, 0.1) is 4.77 Å². The van der Waals surface area contributed by atoms with Crippen LogP contribution in [0.2, 0.25) is 0 Å². The number of amides is 1. The maximum Gasteiger partial charge on any atom is 0.262 e. The summed E-state index contributed by atoms with van der Waals surface area (Å²) >= 11 is 5.38. The van der Waals surface area contributed by atoms with Gasteiger partial charge in [0.05, 0.1) is 30.7 Å². The van der Waals surface area contributed by atoms with E-state index in [1.165, 1.54) is 4.57 Å². The quantitative estimate of drug-likeness (QED) is 0.628. The van der Waals surface area contributed by atoms with Crippen molar-refractivity contribution in [3.63, 3.8) is 0 Å². The summed E-state index contributed by atoms with van der Waals surface area (Å²) < 4.78 is 12.6. The number of rotatable bonds is 5. The van der Waals surface area contributed by atoms with Crippen molar-refractivity contribution in [1.29, 1.82) is 0 Å². The van der Waals surface area contributed by atoms with Gasteiger partial charge < -0.3 is 19.8 Å². The second-order valence-electron chi connectivity index (χ2n) is 6.92. The number of H-pyrrole nitrogens is 1. The van der Waals surface area contributed by atoms with Gasteiger partial charge in [-0.15, -0.1) is 0 Å². The number of hydrogen-bond acceptors (Lipinski definition) is 5. The van der Waals surface area contributed by atoms with Gasteiger partial charge >= 0.3 is 0 Å². The van der Waals surface area contributed by atoms with Gasteiger partial charge in [-0.2, -0.15) is 0 Å². The van der Waals surface area contributed by atoms with Gasteiger partial charge in [0.25, 0.3) is 11.5 Å². The van der Waals surface area contributed by atoms with E-state index in [1.54, 1.807) is 49.6 Å². The first-order valence-corrected chi connectivity index (χ1v) is 9.80. The third-order valence-electron chi connectivity index (χ3n) is 5.00. The van der Waals surface area contributed by atoms with Gasteiger partial charge in [-0.25, -0.2) is 0 Å². The lowest BCUT2D eigenvalue weighted by Crippen LogP contribution is -2.28. The molecule has 29 heavy (non-hydrogen) atoms. The first-order chi connectivity index (χ1) is 14.0. The summed E-state index contributed by atoms with van der Waals surface area (Å²) in [6, 6.07) is 12.0. The number of hydrogen-bond donors (Lipinski definition) is 2. The van der Waals surface area contributed by atoms with Crippen LogP contribution < -0.4 is 15.6 Å². The number of anilines is 1. The number of aromatic amines is 1. The molecule has 0 saturated carbocycles. The average Bonchev–Trinajstić information content (AvgIpc) is 3.24. The van der Waals surface area contributed by atoms with Crippen LogP contribution in [0.4, 0.5) is 5.69 Å². The van der Waals surface area contributed by atoms with Gasteiger partial charge in [0, 0.05) is 17.9 Å². The molecule has 8 heteroatoms. The Morgan fingerprint density at radius 3 is 2.79 bits per heavy atom. The molecule has 2 N–H and O–H groups in total. The molecule has 0 spiro atoms. The highest BCUT2D eigenvalue weighted by Crippen LogP contribution is 2.18. The lowest BCUT2D eigenvalue weighted by atomic mass is 10.1. The Kier molecular flexibility index (Phi) is 5.46. The fourth-order valence-electron chi connectivity index (χ4n) is 3.43. The highest BCUT2D eigenvalue weighted by Gasteiger charge is 2.18. The summed E-state index contributed by atoms with van der Waals surface area (Å²) in [5.74, 6) is 0.431. The molecule has 4 rings (SSSR count). The van der Waals surface area contributed by atoms with Crippen molar-refractivity contribution in [2.45, 2.75) is 25.5 Å². The van der Waals surface area contributed by atoms with E-state index in [9.17, 15) is 9.59 Å². The van der Waals surface area contributed by atoms with Crippen LogP contribution in [0.3, 0.4) is 0 Å². The van der Waals surface area contributed by atoms with Crippen molar-refractivity contribution < 1.29 is 14.3 Å². The molecule has 2 aromatic carbocycles. The molecule has 1 fully saturated rings. The molecule has 1 aromatic heterocycles. The van der Waals surface area contributed by atoms with E-state index >= 15 is 0 Å². The summed E-state index contributed by atoms with van der Waals surface area (Å²) in [5.41, 5.74) is 1.43. The molecule has 1 amide bonds. The molecule has 1 aliphatic rings. The van der Waals surface area contributed by atoms with E-state index in [0.29, 0.717) is 39.2 Å². The van der Waals surface area contributed by atoms with Gasteiger partial charge in [0.15, 0.2) is 4.77 Å². The van der Waals surface area contributed by atoms with Crippen molar-refractivity contribution >= 4 is 34.7 Å². The number of ether oxygens (including phenoxy) is 2. The average molecular weight is 411 g/mol. The van der Waals surface area contributed by atoms with Crippen molar-refractivity contribution in [1.82, 2.24) is 9.55 Å². The van der Waals surface area contributed by atoms with E-state index in [4.69, 9.17) is 21.7 Å². The number of nitrogens with zero attached hydrogens (tertiary/aromatic N) is 1. The van der Waals surface area contributed by atoms with Crippen molar-refractivity contribution in [2.24, 2.45) is 0 Å². The maximum absolute atomic E-state index is 12.9. The number of methoxy groups -OCH3 is 1. The van der Waals surface area contributed by atoms with E-state index in [-0.39, 0.29) is 17.6 Å². The normalized spacial score (nSPS) is 16.1. The molecule has 1 atom stereocenters. The monoisotopic (exact) mass is 411 g/mol. The van der Waals surface area contributed by atoms with Gasteiger partial charge in [-0.3, -0.25) is 14.2 Å². The lowest BCUT2D eigenvalue weighted by Gasteiger charge is -2.13. The van der Waals surface area contributed by atoms with Gasteiger partial charge in [-0.05, 0) is 67.5 Å². The van der Waals surface area contributed by atoms with Crippen LogP contribution >= 0.6 is 12.2 Å². The third kappa shape index (κ3) is 4.08. The van der Waals surface area contributed by atoms with Crippen LogP contribution in [-0.4, -0.2) is 35.3 Å². The van der Waals surface area contributed by atoms with Crippen molar-refractivity contribution in [2.75, 3.05) is 19.0 Å². The van der Waals surface area contributed by atoms with Crippen molar-refractivity contribution in [3.05, 3.63) is 63.2 Å². The fraction of sp³-hybridized carbons (Fsp3) is 0.286. The Morgan fingerprint density at radius 2 is 2.10 bits per heavy atom. The number of fused-ring (bicyclic) bond motifs is 1. The third-order valence-corrected chi connectivity index (χ3v) is 5.32. The molecule has 0 radical (unpaired) electrons. The molecule has 0 bridgehead atoms. The zero-order chi connectivity index (χ0) is 20.4. The molecule has 7 nitrogen and oxygen atoms in total. The highest BCUT2D eigenvalue weighted by molar-refractivity contribution is 7.71. The first-order valence-electron chi connectivity index (χ1n) is 9.39. The zero-order valence-electron chi connectivity index (χ0n) is 15.9. The number of benzene rings is 2. The van der Waals surface area contributed by atoms with Crippen LogP contribution in [0.15, 0.2) is 47.3 Å². The molecule has 1 aliphatic heterocycles. The van der Waals surface area contributed by atoms with E-state index in [0.717, 1.165) is 19.4 Å². The summed E-state index contributed by atoms with van der Waals surface area (Å²) in [6.45, 7) is 1.15. The number of carbonyl (C=O) groups excluding carboxylic acids is 1. The Morgan fingerprint density at radius 1 is 1.31 bits per heavy atom. The van der Waals surface area contributed by atoms with Crippen LogP contribution in [0.25, 0.3) is 10.9 Å². The smallest absolute Gasteiger partial charge is 0.262 e. The second-order valence-corrected chi connectivity index (χ2v) is 7.31. The van der Waals surface area contributed by atoms with Gasteiger partial charge in [0.1, 0.15) is 5.75 Å². The predicted molar refractivity (Wildman–Crippen MR) is 113 cm³/mol. The predicted octanol–water partition coefficient (Wildman–Crippen LogP) is 3.50.